The van der Waals surface area contributed by atoms with E-state index in [1.54, 1.807) is 51.4 Å². The van der Waals surface area contributed by atoms with Gasteiger partial charge in [-0.1, -0.05) is 0 Å². The van der Waals surface area contributed by atoms with E-state index in [0.717, 1.165) is 0 Å². The van der Waals surface area contributed by atoms with Crippen LogP contribution in [0.4, 0.5) is 0 Å². The van der Waals surface area contributed by atoms with Crippen molar-refractivity contribution in [2.45, 2.75) is 82.0 Å². The van der Waals surface area contributed by atoms with Crippen molar-refractivity contribution in [3.63, 3.8) is 0 Å². The van der Waals surface area contributed by atoms with Crippen LogP contribution in [0, 0.1) is 0 Å². The first kappa shape index (κ1) is 12.3. The second-order valence-corrected chi connectivity index (χ2v) is 21.5. The van der Waals surface area contributed by atoms with Crippen molar-refractivity contribution in [3.8, 4) is 0 Å². The van der Waals surface area contributed by atoms with Gasteiger partial charge in [-0.25, -0.2) is 0 Å². The van der Waals surface area contributed by atoms with Crippen LogP contribution in [0.2, 0.25) is 17.7 Å². The van der Waals surface area contributed by atoms with Gasteiger partial charge in [0.2, 0.25) is 0 Å². The topological polar surface area (TPSA) is 0 Å². The van der Waals surface area contributed by atoms with E-state index in [-0.39, 0.29) is 0 Å². The molecule has 0 radical (unpaired) electrons. The number of hydrogen-bond acceptors (Lipinski definition) is 0. The molecule has 0 aromatic heterocycles. The van der Waals surface area contributed by atoms with Gasteiger partial charge in [-0.15, -0.1) is 0 Å². The van der Waals surface area contributed by atoms with E-state index in [1.165, 1.54) is 20.7 Å². The fourth-order valence-electron chi connectivity index (χ4n) is 4.03. The van der Waals surface area contributed by atoms with Crippen LogP contribution in [0.15, 0.2) is 0 Å². The molecule has 2 rings (SSSR count). The van der Waals surface area contributed by atoms with Gasteiger partial charge >= 0.3 is 100 Å². The Morgan fingerprint density at radius 2 is 0.933 bits per heavy atom. The third-order valence-corrected chi connectivity index (χ3v) is 20.6. The summed E-state index contributed by atoms with van der Waals surface area (Å²) >= 11 is -1.69. The van der Waals surface area contributed by atoms with Gasteiger partial charge in [-0.2, -0.15) is 0 Å². The van der Waals surface area contributed by atoms with E-state index in [0.29, 0.717) is 0 Å². The van der Waals surface area contributed by atoms with Crippen LogP contribution in [0.1, 0.15) is 64.2 Å². The van der Waals surface area contributed by atoms with Gasteiger partial charge in [-0.05, 0) is 0 Å². The molecule has 0 nitrogen and oxygen atoms in total. The summed E-state index contributed by atoms with van der Waals surface area (Å²) in [6.45, 7) is 0. The molecular weight excluding hydrogens is 287 g/mol. The Balaban J connectivity index is 1.96. The minimum atomic E-state index is -1.69. The monoisotopic (exact) mass is 316 g/mol. The summed E-state index contributed by atoms with van der Waals surface area (Å²) in [5, 5.41) is 0. The Kier molecular flexibility index (Phi) is 4.43. The molecule has 1 heteroatoms. The molecule has 0 saturated heterocycles. The van der Waals surface area contributed by atoms with Gasteiger partial charge in [0.15, 0.2) is 0 Å². The van der Waals surface area contributed by atoms with Crippen molar-refractivity contribution >= 4 is 18.4 Å². The van der Waals surface area contributed by atoms with Gasteiger partial charge < -0.3 is 0 Å². The van der Waals surface area contributed by atoms with Gasteiger partial charge in [0.25, 0.3) is 0 Å². The van der Waals surface area contributed by atoms with Crippen molar-refractivity contribution in [1.82, 2.24) is 0 Å². The molecule has 0 heterocycles. The predicted molar refractivity (Wildman–Crippen MR) is 71.2 cm³/mol. The van der Waals surface area contributed by atoms with Crippen molar-refractivity contribution < 1.29 is 0 Å². The van der Waals surface area contributed by atoms with E-state index >= 15 is 0 Å². The third-order valence-electron chi connectivity index (χ3n) is 5.31. The van der Waals surface area contributed by atoms with Gasteiger partial charge in [0.05, 0.1) is 0 Å². The molecule has 0 bridgehead atoms. The number of rotatable bonds is 2. The Morgan fingerprint density at radius 3 is 1.27 bits per heavy atom. The first-order valence-corrected chi connectivity index (χ1v) is 16.2. The Bertz CT molecular complexity index is 166. The molecule has 0 aliphatic heterocycles. The predicted octanol–water partition coefficient (Wildman–Crippen LogP) is 5.36. The minimum absolute atomic E-state index is 1.25. The molecule has 2 aliphatic carbocycles. The Morgan fingerprint density at radius 1 is 0.600 bits per heavy atom. The van der Waals surface area contributed by atoms with Gasteiger partial charge in [0, 0.05) is 0 Å². The molecule has 0 aromatic rings. The van der Waals surface area contributed by atoms with E-state index < -0.39 is 18.4 Å². The summed E-state index contributed by atoms with van der Waals surface area (Å²) in [5.74, 6) is 0. The third kappa shape index (κ3) is 2.92. The van der Waals surface area contributed by atoms with E-state index in [2.05, 4.69) is 9.88 Å². The summed E-state index contributed by atoms with van der Waals surface area (Å²) in [5.41, 5.74) is 0. The summed E-state index contributed by atoms with van der Waals surface area (Å²) < 4.78 is 2.49. The second-order valence-electron chi connectivity index (χ2n) is 6.49. The maximum absolute atomic E-state index is 2.78. The molecule has 88 valence electrons. The molecule has 2 fully saturated rings. The maximum atomic E-state index is 2.78. The quantitative estimate of drug-likeness (QED) is 0.602. The standard InChI is InChI=1S/2C6H11.2CH3.Sn/c2*1-2-4-6-5-3-1;;;/h2*1H,2-6H2;2*1H3;. The van der Waals surface area contributed by atoms with Crippen LogP contribution in [0.5, 0.6) is 0 Å². The first-order chi connectivity index (χ1) is 7.21. The summed E-state index contributed by atoms with van der Waals surface area (Å²) in [6.07, 6.45) is 15.7. The zero-order valence-corrected chi connectivity index (χ0v) is 13.6. The van der Waals surface area contributed by atoms with Crippen LogP contribution in [-0.4, -0.2) is 18.4 Å². The van der Waals surface area contributed by atoms with Gasteiger partial charge in [-0.3, -0.25) is 0 Å². The fraction of sp³-hybridized carbons (Fsp3) is 1.00. The zero-order chi connectivity index (χ0) is 10.7. The van der Waals surface area contributed by atoms with Crippen LogP contribution in [0.25, 0.3) is 0 Å². The van der Waals surface area contributed by atoms with Crippen molar-refractivity contribution in [2.24, 2.45) is 0 Å². The molecule has 15 heavy (non-hydrogen) atoms. The Labute approximate surface area is 100 Å². The summed E-state index contributed by atoms with van der Waals surface area (Å²) in [6, 6.07) is 0. The molecule has 2 saturated carbocycles. The van der Waals surface area contributed by atoms with Crippen LogP contribution in [0.3, 0.4) is 0 Å². The molecular formula is C14H28Sn. The van der Waals surface area contributed by atoms with Crippen LogP contribution < -0.4 is 0 Å². The zero-order valence-electron chi connectivity index (χ0n) is 10.7. The molecule has 0 amide bonds. The van der Waals surface area contributed by atoms with Crippen molar-refractivity contribution in [3.05, 3.63) is 0 Å². The Hall–Kier alpha value is 0.799. The molecule has 2 aliphatic rings. The molecule has 0 N–H and O–H groups in total. The van der Waals surface area contributed by atoms with E-state index in [4.69, 9.17) is 0 Å². The molecule has 0 spiro atoms. The van der Waals surface area contributed by atoms with E-state index in [1.807, 2.05) is 0 Å². The molecule has 0 aromatic carbocycles. The van der Waals surface area contributed by atoms with E-state index in [9.17, 15) is 0 Å². The molecule has 0 unspecified atom stereocenters. The van der Waals surface area contributed by atoms with Crippen LogP contribution >= 0.6 is 0 Å². The summed E-state index contributed by atoms with van der Waals surface area (Å²) in [7, 11) is 0. The normalized spacial score (nSPS) is 26.8. The average molecular weight is 315 g/mol. The summed E-state index contributed by atoms with van der Waals surface area (Å²) in [4.78, 5) is 5.56. The SMILES string of the molecule is [CH3][Sn]([CH3])([CH]1CCCCC1)[CH]1CCCCC1. The van der Waals surface area contributed by atoms with Crippen molar-refractivity contribution in [1.29, 1.82) is 0 Å². The van der Waals surface area contributed by atoms with Crippen molar-refractivity contribution in [2.75, 3.05) is 0 Å². The fourth-order valence-corrected chi connectivity index (χ4v) is 16.8. The van der Waals surface area contributed by atoms with Crippen LogP contribution in [-0.2, 0) is 0 Å². The second kappa shape index (κ2) is 5.42. The first-order valence-electron chi connectivity index (χ1n) is 7.21. The number of hydrogen-bond donors (Lipinski definition) is 0. The van der Waals surface area contributed by atoms with Gasteiger partial charge in [0.1, 0.15) is 0 Å². The molecule has 0 atom stereocenters. The average Bonchev–Trinajstić information content (AvgIpc) is 2.31.